The Morgan fingerprint density at radius 1 is 1.35 bits per heavy atom. The molecule has 0 bridgehead atoms. The van der Waals surface area contributed by atoms with Gasteiger partial charge < -0.3 is 15.2 Å². The summed E-state index contributed by atoms with van der Waals surface area (Å²) in [6.07, 6.45) is 6.84. The SMILES string of the molecule is CC(=O)NCc1cnc([C@@H]2CCN(C(=O)c3n[nH]c4c3CCCC4)C2)[nH]1. The van der Waals surface area contributed by atoms with Crippen LogP contribution in [0.25, 0.3) is 0 Å². The average molecular weight is 356 g/mol. The average Bonchev–Trinajstić information content (AvgIpc) is 3.37. The number of aryl methyl sites for hydroxylation is 1. The number of fused-ring (bicyclic) bond motifs is 1. The Kier molecular flexibility index (Phi) is 4.48. The van der Waals surface area contributed by atoms with Crippen LogP contribution in [0.1, 0.15) is 65.4 Å². The summed E-state index contributed by atoms with van der Waals surface area (Å²) in [5, 5.41) is 10.1. The lowest BCUT2D eigenvalue weighted by molar-refractivity contribution is -0.119. The number of H-pyrrole nitrogens is 2. The first-order valence-electron chi connectivity index (χ1n) is 9.25. The lowest BCUT2D eigenvalue weighted by Gasteiger charge is -2.17. The molecule has 1 atom stereocenters. The predicted octanol–water partition coefficient (Wildman–Crippen LogP) is 1.28. The number of likely N-dealkylation sites (tertiary alicyclic amines) is 1. The van der Waals surface area contributed by atoms with Gasteiger partial charge in [-0.1, -0.05) is 0 Å². The molecule has 1 aliphatic heterocycles. The molecule has 4 rings (SSSR count). The molecule has 1 fully saturated rings. The Hall–Kier alpha value is -2.64. The molecular weight excluding hydrogens is 332 g/mol. The zero-order chi connectivity index (χ0) is 18.1. The van der Waals surface area contributed by atoms with Crippen molar-refractivity contribution in [3.05, 3.63) is 34.7 Å². The summed E-state index contributed by atoms with van der Waals surface area (Å²) in [6, 6.07) is 0. The fourth-order valence-electron chi connectivity index (χ4n) is 3.87. The molecule has 3 heterocycles. The van der Waals surface area contributed by atoms with Crippen LogP contribution < -0.4 is 5.32 Å². The highest BCUT2D eigenvalue weighted by Crippen LogP contribution is 2.28. The maximum atomic E-state index is 12.9. The number of nitrogens with zero attached hydrogens (tertiary/aromatic N) is 3. The maximum absolute atomic E-state index is 12.9. The molecule has 0 saturated carbocycles. The minimum atomic E-state index is -0.0684. The number of nitrogens with one attached hydrogen (secondary N) is 3. The van der Waals surface area contributed by atoms with E-state index in [9.17, 15) is 9.59 Å². The quantitative estimate of drug-likeness (QED) is 0.767. The molecule has 8 nitrogen and oxygen atoms in total. The van der Waals surface area contributed by atoms with Gasteiger partial charge in [-0.25, -0.2) is 4.98 Å². The Morgan fingerprint density at radius 2 is 2.19 bits per heavy atom. The van der Waals surface area contributed by atoms with E-state index in [2.05, 4.69) is 25.5 Å². The molecule has 0 spiro atoms. The number of imidazole rings is 1. The fraction of sp³-hybridized carbons (Fsp3) is 0.556. The van der Waals surface area contributed by atoms with Crippen LogP contribution in [-0.4, -0.2) is 50.0 Å². The van der Waals surface area contributed by atoms with Crippen molar-refractivity contribution in [2.75, 3.05) is 13.1 Å². The van der Waals surface area contributed by atoms with Crippen LogP contribution in [0.2, 0.25) is 0 Å². The zero-order valence-corrected chi connectivity index (χ0v) is 15.0. The lowest BCUT2D eigenvalue weighted by atomic mass is 9.95. The molecule has 2 aromatic rings. The van der Waals surface area contributed by atoms with E-state index in [-0.39, 0.29) is 17.7 Å². The topological polar surface area (TPSA) is 107 Å². The highest BCUT2D eigenvalue weighted by Gasteiger charge is 2.32. The molecule has 0 aromatic carbocycles. The Balaban J connectivity index is 1.41. The van der Waals surface area contributed by atoms with Gasteiger partial charge in [-0.3, -0.25) is 14.7 Å². The molecule has 1 aliphatic carbocycles. The molecule has 2 aromatic heterocycles. The predicted molar refractivity (Wildman–Crippen MR) is 94.6 cm³/mol. The summed E-state index contributed by atoms with van der Waals surface area (Å²) in [5.41, 5.74) is 3.72. The molecule has 2 amide bonds. The second-order valence-corrected chi connectivity index (χ2v) is 7.18. The second-order valence-electron chi connectivity index (χ2n) is 7.18. The highest BCUT2D eigenvalue weighted by atomic mass is 16.2. The van der Waals surface area contributed by atoms with Gasteiger partial charge in [0.05, 0.1) is 18.4 Å². The van der Waals surface area contributed by atoms with E-state index >= 15 is 0 Å². The van der Waals surface area contributed by atoms with Crippen LogP contribution in [-0.2, 0) is 24.2 Å². The molecular formula is C18H24N6O2. The monoisotopic (exact) mass is 356 g/mol. The van der Waals surface area contributed by atoms with Crippen LogP contribution in [0, 0.1) is 0 Å². The third-order valence-electron chi connectivity index (χ3n) is 5.30. The third-order valence-corrected chi connectivity index (χ3v) is 5.30. The van der Waals surface area contributed by atoms with E-state index in [1.807, 2.05) is 4.90 Å². The smallest absolute Gasteiger partial charge is 0.274 e. The van der Waals surface area contributed by atoms with Crippen molar-refractivity contribution < 1.29 is 9.59 Å². The van der Waals surface area contributed by atoms with E-state index in [1.165, 1.54) is 6.92 Å². The van der Waals surface area contributed by atoms with Crippen molar-refractivity contribution in [1.82, 2.24) is 30.4 Å². The zero-order valence-electron chi connectivity index (χ0n) is 15.0. The molecule has 2 aliphatic rings. The van der Waals surface area contributed by atoms with Gasteiger partial charge in [0.15, 0.2) is 5.69 Å². The van der Waals surface area contributed by atoms with E-state index in [0.717, 1.165) is 54.9 Å². The normalized spacial score (nSPS) is 19.4. The number of amides is 2. The van der Waals surface area contributed by atoms with Crippen LogP contribution in [0.4, 0.5) is 0 Å². The number of hydrogen-bond donors (Lipinski definition) is 3. The molecule has 8 heteroatoms. The minimum absolute atomic E-state index is 0.0249. The van der Waals surface area contributed by atoms with E-state index in [4.69, 9.17) is 0 Å². The molecule has 138 valence electrons. The number of carbonyl (C=O) groups is 2. The van der Waals surface area contributed by atoms with Gasteiger partial charge in [-0.05, 0) is 32.1 Å². The number of aromatic nitrogens is 4. The summed E-state index contributed by atoms with van der Waals surface area (Å²) >= 11 is 0. The van der Waals surface area contributed by atoms with E-state index in [0.29, 0.717) is 25.3 Å². The first-order valence-corrected chi connectivity index (χ1v) is 9.25. The van der Waals surface area contributed by atoms with Crippen molar-refractivity contribution in [2.45, 2.75) is 51.5 Å². The van der Waals surface area contributed by atoms with Gasteiger partial charge in [0.2, 0.25) is 5.91 Å². The Bertz CT molecular complexity index is 824. The summed E-state index contributed by atoms with van der Waals surface area (Å²) in [4.78, 5) is 33.5. The van der Waals surface area contributed by atoms with Gasteiger partial charge >= 0.3 is 0 Å². The van der Waals surface area contributed by atoms with Crippen molar-refractivity contribution >= 4 is 11.8 Å². The Morgan fingerprint density at radius 3 is 3.04 bits per heavy atom. The summed E-state index contributed by atoms with van der Waals surface area (Å²) < 4.78 is 0. The summed E-state index contributed by atoms with van der Waals surface area (Å²) in [5.74, 6) is 1.03. The first kappa shape index (κ1) is 16.8. The molecule has 0 radical (unpaired) electrons. The molecule has 0 unspecified atom stereocenters. The van der Waals surface area contributed by atoms with Crippen molar-refractivity contribution in [3.8, 4) is 0 Å². The number of rotatable bonds is 4. The largest absolute Gasteiger partial charge is 0.351 e. The van der Waals surface area contributed by atoms with Crippen molar-refractivity contribution in [2.24, 2.45) is 0 Å². The lowest BCUT2D eigenvalue weighted by Crippen LogP contribution is -2.30. The minimum Gasteiger partial charge on any atom is -0.351 e. The third kappa shape index (κ3) is 3.23. The van der Waals surface area contributed by atoms with Crippen LogP contribution in [0.3, 0.4) is 0 Å². The second kappa shape index (κ2) is 6.93. The van der Waals surface area contributed by atoms with Crippen LogP contribution in [0.5, 0.6) is 0 Å². The Labute approximate surface area is 151 Å². The van der Waals surface area contributed by atoms with Gasteiger partial charge in [-0.2, -0.15) is 5.10 Å². The molecule has 1 saturated heterocycles. The van der Waals surface area contributed by atoms with Crippen molar-refractivity contribution in [3.63, 3.8) is 0 Å². The van der Waals surface area contributed by atoms with Crippen molar-refractivity contribution in [1.29, 1.82) is 0 Å². The number of carbonyl (C=O) groups excluding carboxylic acids is 2. The number of aromatic amines is 2. The van der Waals surface area contributed by atoms with Gasteiger partial charge in [0.1, 0.15) is 5.82 Å². The maximum Gasteiger partial charge on any atom is 0.274 e. The van der Waals surface area contributed by atoms with Crippen LogP contribution in [0.15, 0.2) is 6.20 Å². The summed E-state index contributed by atoms with van der Waals surface area (Å²) in [6.45, 7) is 3.29. The van der Waals surface area contributed by atoms with Gasteiger partial charge in [0, 0.05) is 37.2 Å². The van der Waals surface area contributed by atoms with Gasteiger partial charge in [-0.15, -0.1) is 0 Å². The van der Waals surface area contributed by atoms with E-state index in [1.54, 1.807) is 6.20 Å². The summed E-state index contributed by atoms with van der Waals surface area (Å²) in [7, 11) is 0. The molecule has 3 N–H and O–H groups in total. The van der Waals surface area contributed by atoms with Crippen LogP contribution >= 0.6 is 0 Å². The number of hydrogen-bond acceptors (Lipinski definition) is 4. The van der Waals surface area contributed by atoms with E-state index < -0.39 is 0 Å². The highest BCUT2D eigenvalue weighted by molar-refractivity contribution is 5.94. The fourth-order valence-corrected chi connectivity index (χ4v) is 3.87. The first-order chi connectivity index (χ1) is 12.6. The standard InChI is InChI=1S/C18H24N6O2/c1-11(25)19-8-13-9-20-17(21-13)12-6-7-24(10-12)18(26)16-14-4-2-3-5-15(14)22-23-16/h9,12H,2-8,10H2,1H3,(H,19,25)(H,20,21)(H,22,23)/t12-/m1/s1. The van der Waals surface area contributed by atoms with Gasteiger partial charge in [0.25, 0.3) is 5.91 Å². The molecule has 26 heavy (non-hydrogen) atoms.